The monoisotopic (exact) mass is 440 g/mol. The number of rotatable bonds is 5. The van der Waals surface area contributed by atoms with Gasteiger partial charge in [0.2, 0.25) is 0 Å². The lowest BCUT2D eigenvalue weighted by Crippen LogP contribution is -2.40. The molecule has 0 unspecified atom stereocenters. The van der Waals surface area contributed by atoms with Crippen molar-refractivity contribution in [3.63, 3.8) is 0 Å². The Bertz CT molecular complexity index is 1120. The Labute approximate surface area is 181 Å². The molecule has 32 heavy (non-hydrogen) atoms. The number of carbonyl (C=O) groups is 2. The average Bonchev–Trinajstić information content (AvgIpc) is 3.09. The average molecular weight is 440 g/mol. The second-order valence-corrected chi connectivity index (χ2v) is 7.17. The molecule has 0 aliphatic carbocycles. The topological polar surface area (TPSA) is 90.3 Å². The molecule has 2 amide bonds. The predicted molar refractivity (Wildman–Crippen MR) is 112 cm³/mol. The Kier molecular flexibility index (Phi) is 5.63. The van der Waals surface area contributed by atoms with Crippen molar-refractivity contribution >= 4 is 23.6 Å². The summed E-state index contributed by atoms with van der Waals surface area (Å²) < 4.78 is 32.3. The summed E-state index contributed by atoms with van der Waals surface area (Å²) in [5.41, 5.74) is 1.15. The highest BCUT2D eigenvalue weighted by atomic mass is 19.1. The third-order valence-corrected chi connectivity index (χ3v) is 5.15. The molecule has 3 aromatic rings. The largest absolute Gasteiger partial charge is 0.508 e. The van der Waals surface area contributed by atoms with Crippen molar-refractivity contribution < 1.29 is 33.3 Å². The maximum absolute atomic E-state index is 13.4. The van der Waals surface area contributed by atoms with Crippen LogP contribution in [-0.2, 0) is 4.74 Å². The third kappa shape index (κ3) is 4.18. The molecule has 1 saturated heterocycles. The second kappa shape index (κ2) is 8.54. The van der Waals surface area contributed by atoms with Crippen LogP contribution in [0.15, 0.2) is 72.8 Å². The molecule has 0 bridgehead atoms. The Morgan fingerprint density at radius 1 is 0.938 bits per heavy atom. The van der Waals surface area contributed by atoms with Crippen LogP contribution in [0.1, 0.15) is 11.6 Å². The first-order valence-electron chi connectivity index (χ1n) is 9.64. The molecule has 1 aliphatic rings. The highest BCUT2D eigenvalue weighted by Gasteiger charge is 2.45. The molecule has 0 spiro atoms. The third-order valence-electron chi connectivity index (χ3n) is 5.15. The number of aromatic hydroxyl groups is 1. The van der Waals surface area contributed by atoms with Crippen LogP contribution in [0.3, 0.4) is 0 Å². The van der Waals surface area contributed by atoms with E-state index >= 15 is 0 Å². The first-order valence-corrected chi connectivity index (χ1v) is 9.64. The summed E-state index contributed by atoms with van der Waals surface area (Å²) in [5, 5.41) is 19.4. The molecule has 2 atom stereocenters. The Hall–Kier alpha value is -4.14. The van der Waals surface area contributed by atoms with Crippen LogP contribution in [0.25, 0.3) is 0 Å². The van der Waals surface area contributed by atoms with Gasteiger partial charge in [-0.2, -0.15) is 0 Å². The van der Waals surface area contributed by atoms with Crippen LogP contribution in [0.4, 0.5) is 29.7 Å². The molecule has 1 fully saturated rings. The van der Waals surface area contributed by atoms with Crippen molar-refractivity contribution in [2.24, 2.45) is 0 Å². The maximum atomic E-state index is 13.4. The number of hydrogen-bond acceptors (Lipinski definition) is 4. The second-order valence-electron chi connectivity index (χ2n) is 7.17. The number of carbonyl (C=O) groups excluding carboxylic acids is 1. The van der Waals surface area contributed by atoms with Crippen LogP contribution < -0.4 is 9.80 Å². The summed E-state index contributed by atoms with van der Waals surface area (Å²) in [6.45, 7) is -0.240. The van der Waals surface area contributed by atoms with Crippen molar-refractivity contribution in [2.75, 3.05) is 16.3 Å². The Morgan fingerprint density at radius 2 is 1.50 bits per heavy atom. The molecular formula is C23H18F2N2O5. The van der Waals surface area contributed by atoms with Crippen LogP contribution in [-0.4, -0.2) is 35.0 Å². The van der Waals surface area contributed by atoms with Crippen molar-refractivity contribution in [2.45, 2.75) is 12.1 Å². The fourth-order valence-electron chi connectivity index (χ4n) is 3.67. The minimum atomic E-state index is -1.31. The van der Waals surface area contributed by atoms with E-state index in [9.17, 15) is 28.6 Å². The summed E-state index contributed by atoms with van der Waals surface area (Å²) in [6.07, 6.45) is -2.99. The maximum Gasteiger partial charge on any atom is 0.415 e. The van der Waals surface area contributed by atoms with E-state index in [-0.39, 0.29) is 18.0 Å². The van der Waals surface area contributed by atoms with Crippen molar-refractivity contribution in [1.29, 1.82) is 0 Å². The van der Waals surface area contributed by atoms with E-state index in [2.05, 4.69) is 0 Å². The number of ether oxygens (including phenoxy) is 1. The van der Waals surface area contributed by atoms with Gasteiger partial charge in [0.1, 0.15) is 29.5 Å². The van der Waals surface area contributed by atoms with Gasteiger partial charge >= 0.3 is 12.2 Å². The van der Waals surface area contributed by atoms with E-state index in [1.807, 2.05) is 0 Å². The molecule has 9 heteroatoms. The molecule has 2 N–H and O–H groups in total. The lowest BCUT2D eigenvalue weighted by Gasteiger charge is -2.28. The van der Waals surface area contributed by atoms with Crippen LogP contribution in [0.2, 0.25) is 0 Å². The van der Waals surface area contributed by atoms with E-state index in [0.29, 0.717) is 11.3 Å². The fraction of sp³-hybridized carbons (Fsp3) is 0.130. The zero-order valence-electron chi connectivity index (χ0n) is 16.6. The molecule has 164 valence electrons. The number of benzene rings is 3. The molecule has 0 saturated carbocycles. The Morgan fingerprint density at radius 3 is 2.06 bits per heavy atom. The van der Waals surface area contributed by atoms with Gasteiger partial charge in [-0.15, -0.1) is 0 Å². The summed E-state index contributed by atoms with van der Waals surface area (Å²) in [4.78, 5) is 27.0. The van der Waals surface area contributed by atoms with Gasteiger partial charge in [0.15, 0.2) is 0 Å². The van der Waals surface area contributed by atoms with Crippen molar-refractivity contribution in [3.8, 4) is 5.75 Å². The van der Waals surface area contributed by atoms with E-state index < -0.39 is 36.0 Å². The number of phenolic OH excluding ortho intramolecular Hbond substituents is 1. The number of cyclic esters (lactones) is 1. The van der Waals surface area contributed by atoms with Gasteiger partial charge in [0, 0.05) is 11.4 Å². The normalized spacial score (nSPS) is 17.8. The van der Waals surface area contributed by atoms with Gasteiger partial charge < -0.3 is 14.9 Å². The SMILES string of the molecule is O=C(O)N(C[C@@H]1OC(=O)N(c2ccc(F)cc2)[C@@H]1c1ccc(O)cc1)c1ccc(F)cc1. The van der Waals surface area contributed by atoms with Gasteiger partial charge in [0.05, 0.1) is 6.54 Å². The fourth-order valence-corrected chi connectivity index (χ4v) is 3.67. The molecule has 7 nitrogen and oxygen atoms in total. The summed E-state index contributed by atoms with van der Waals surface area (Å²) in [5.74, 6) is -0.981. The molecule has 0 radical (unpaired) electrons. The molecule has 4 rings (SSSR count). The van der Waals surface area contributed by atoms with Gasteiger partial charge in [0.25, 0.3) is 0 Å². The smallest absolute Gasteiger partial charge is 0.415 e. The van der Waals surface area contributed by atoms with E-state index in [4.69, 9.17) is 4.74 Å². The molecule has 1 aliphatic heterocycles. The number of amides is 2. The number of carboxylic acid groups (broad SMARTS) is 1. The highest BCUT2D eigenvalue weighted by molar-refractivity contribution is 5.92. The van der Waals surface area contributed by atoms with Gasteiger partial charge in [-0.05, 0) is 66.2 Å². The molecule has 3 aromatic carbocycles. The standard InChI is InChI=1S/C23H18F2N2O5/c24-15-3-7-17(8-4-15)26(22(29)30)13-20-21(14-1-11-19(28)12-2-14)27(23(31)32-20)18-9-5-16(25)6-10-18/h1-12,20-21,28H,13H2,(H,29,30)/t20-,21+/m0/s1. The highest BCUT2D eigenvalue weighted by Crippen LogP contribution is 2.38. The quantitative estimate of drug-likeness (QED) is 0.588. The van der Waals surface area contributed by atoms with Crippen LogP contribution >= 0.6 is 0 Å². The first kappa shape index (κ1) is 21.1. The number of hydrogen-bond donors (Lipinski definition) is 2. The van der Waals surface area contributed by atoms with Gasteiger partial charge in [-0.1, -0.05) is 12.1 Å². The number of nitrogens with zero attached hydrogens (tertiary/aromatic N) is 2. The molecule has 0 aromatic heterocycles. The summed E-state index contributed by atoms with van der Waals surface area (Å²) in [6, 6.07) is 15.4. The van der Waals surface area contributed by atoms with E-state index in [1.54, 1.807) is 12.1 Å². The molecular weight excluding hydrogens is 422 g/mol. The summed E-state index contributed by atoms with van der Waals surface area (Å²) >= 11 is 0. The van der Waals surface area contributed by atoms with Crippen molar-refractivity contribution in [3.05, 3.63) is 90.0 Å². The van der Waals surface area contributed by atoms with Crippen molar-refractivity contribution in [1.82, 2.24) is 0 Å². The Balaban J connectivity index is 1.72. The predicted octanol–water partition coefficient (Wildman–Crippen LogP) is 4.92. The molecule has 1 heterocycles. The lowest BCUT2D eigenvalue weighted by molar-refractivity contribution is 0.132. The van der Waals surface area contributed by atoms with Crippen LogP contribution in [0.5, 0.6) is 5.75 Å². The summed E-state index contributed by atoms with van der Waals surface area (Å²) in [7, 11) is 0. The van der Waals surface area contributed by atoms with Gasteiger partial charge in [-0.25, -0.2) is 18.4 Å². The lowest BCUT2D eigenvalue weighted by atomic mass is 9.99. The minimum Gasteiger partial charge on any atom is -0.508 e. The number of anilines is 2. The van der Waals surface area contributed by atoms with Crippen LogP contribution in [0, 0.1) is 11.6 Å². The first-order chi connectivity index (χ1) is 15.3. The number of phenols is 1. The zero-order chi connectivity index (χ0) is 22.8. The number of halogens is 2. The van der Waals surface area contributed by atoms with E-state index in [1.165, 1.54) is 53.4 Å². The van der Waals surface area contributed by atoms with Gasteiger partial charge in [-0.3, -0.25) is 9.80 Å². The van der Waals surface area contributed by atoms with E-state index in [0.717, 1.165) is 17.0 Å². The zero-order valence-corrected chi connectivity index (χ0v) is 16.6. The minimum absolute atomic E-state index is 0.0161.